The Balaban J connectivity index is 1.66. The highest BCUT2D eigenvalue weighted by molar-refractivity contribution is 5.86. The Labute approximate surface area is 149 Å². The Morgan fingerprint density at radius 2 is 1.92 bits per heavy atom. The maximum absolute atomic E-state index is 11.9. The molecule has 0 unspecified atom stereocenters. The van der Waals surface area contributed by atoms with E-state index in [9.17, 15) is 19.8 Å². The second-order valence-corrected chi connectivity index (χ2v) is 5.84. The molecule has 0 radical (unpaired) electrons. The predicted molar refractivity (Wildman–Crippen MR) is 94.9 cm³/mol. The van der Waals surface area contributed by atoms with Gasteiger partial charge in [-0.1, -0.05) is 30.3 Å². The molecule has 1 aromatic heterocycles. The third-order valence-electron chi connectivity index (χ3n) is 3.98. The van der Waals surface area contributed by atoms with E-state index < -0.39 is 18.1 Å². The number of carbonyl (C=O) groups is 2. The molecule has 0 aliphatic heterocycles. The lowest BCUT2D eigenvalue weighted by Gasteiger charge is -2.14. The zero-order valence-corrected chi connectivity index (χ0v) is 13.8. The van der Waals surface area contributed by atoms with Gasteiger partial charge in [0.25, 0.3) is 0 Å². The molecule has 7 nitrogen and oxygen atoms in total. The lowest BCUT2D eigenvalue weighted by Crippen LogP contribution is -2.42. The van der Waals surface area contributed by atoms with Gasteiger partial charge in [-0.3, -0.25) is 0 Å². The Hall–Kier alpha value is -3.48. The number of aromatic amines is 1. The number of carboxylic acid groups (broad SMARTS) is 1. The van der Waals surface area contributed by atoms with E-state index in [1.54, 1.807) is 30.5 Å². The minimum absolute atomic E-state index is 0.0548. The van der Waals surface area contributed by atoms with Gasteiger partial charge in [0, 0.05) is 23.5 Å². The zero-order valence-electron chi connectivity index (χ0n) is 13.8. The first-order valence-corrected chi connectivity index (χ1v) is 8.02. The van der Waals surface area contributed by atoms with Gasteiger partial charge in [0.05, 0.1) is 0 Å². The number of hydrogen-bond donors (Lipinski definition) is 4. The largest absolute Gasteiger partial charge is 0.508 e. The first-order valence-electron chi connectivity index (χ1n) is 8.02. The normalized spacial score (nSPS) is 11.8. The van der Waals surface area contributed by atoms with E-state index in [2.05, 4.69) is 10.3 Å². The second-order valence-electron chi connectivity index (χ2n) is 5.84. The van der Waals surface area contributed by atoms with E-state index in [0.29, 0.717) is 10.9 Å². The molecule has 4 N–H and O–H groups in total. The Bertz CT molecular complexity index is 920. The molecule has 0 saturated heterocycles. The molecule has 1 amide bonds. The molecule has 26 heavy (non-hydrogen) atoms. The molecule has 134 valence electrons. The minimum Gasteiger partial charge on any atom is -0.508 e. The second kappa shape index (κ2) is 7.60. The monoisotopic (exact) mass is 354 g/mol. The van der Waals surface area contributed by atoms with Crippen molar-refractivity contribution < 1.29 is 24.5 Å². The van der Waals surface area contributed by atoms with Crippen molar-refractivity contribution in [3.63, 3.8) is 0 Å². The number of aromatic nitrogens is 1. The van der Waals surface area contributed by atoms with E-state index in [0.717, 1.165) is 11.1 Å². The van der Waals surface area contributed by atoms with E-state index in [1.807, 2.05) is 18.2 Å². The molecule has 7 heteroatoms. The quantitative estimate of drug-likeness (QED) is 0.544. The van der Waals surface area contributed by atoms with Crippen molar-refractivity contribution in [1.82, 2.24) is 10.3 Å². The maximum atomic E-state index is 11.9. The standard InChI is InChI=1S/C19H18N2O5/c22-14-6-7-16-15(9-14)13(10-20-16)8-17(18(23)24)21-19(25)26-11-12-4-2-1-3-5-12/h1-7,9-10,17,20,22H,8,11H2,(H,21,25)(H,23,24)/t17-/m1/s1. The van der Waals surface area contributed by atoms with Crippen molar-refractivity contribution >= 4 is 23.0 Å². The number of rotatable bonds is 6. The highest BCUT2D eigenvalue weighted by Gasteiger charge is 2.22. The van der Waals surface area contributed by atoms with Crippen LogP contribution in [0.3, 0.4) is 0 Å². The van der Waals surface area contributed by atoms with E-state index >= 15 is 0 Å². The highest BCUT2D eigenvalue weighted by Crippen LogP contribution is 2.24. The van der Waals surface area contributed by atoms with Crippen LogP contribution in [0.1, 0.15) is 11.1 Å². The molecule has 3 aromatic rings. The third-order valence-corrected chi connectivity index (χ3v) is 3.98. The number of phenolic OH excluding ortho intramolecular Hbond substituents is 1. The van der Waals surface area contributed by atoms with Crippen LogP contribution in [0.15, 0.2) is 54.7 Å². The summed E-state index contributed by atoms with van der Waals surface area (Å²) in [5.74, 6) is -1.09. The first kappa shape index (κ1) is 17.3. The van der Waals surface area contributed by atoms with Gasteiger partial charge in [0.2, 0.25) is 0 Å². The molecule has 0 bridgehead atoms. The fourth-order valence-electron chi connectivity index (χ4n) is 2.66. The number of carbonyl (C=O) groups excluding carboxylic acids is 1. The third kappa shape index (κ3) is 4.13. The van der Waals surface area contributed by atoms with Crippen LogP contribution < -0.4 is 5.32 Å². The Morgan fingerprint density at radius 3 is 2.65 bits per heavy atom. The van der Waals surface area contributed by atoms with Gasteiger partial charge in [-0.25, -0.2) is 9.59 Å². The smallest absolute Gasteiger partial charge is 0.408 e. The van der Waals surface area contributed by atoms with Gasteiger partial charge in [-0.05, 0) is 29.3 Å². The summed E-state index contributed by atoms with van der Waals surface area (Å²) < 4.78 is 5.07. The highest BCUT2D eigenvalue weighted by atomic mass is 16.5. The number of aromatic hydroxyl groups is 1. The number of nitrogens with one attached hydrogen (secondary N) is 2. The number of phenols is 1. The number of fused-ring (bicyclic) bond motifs is 1. The average Bonchev–Trinajstić information content (AvgIpc) is 3.02. The summed E-state index contributed by atoms with van der Waals surface area (Å²) in [6.07, 6.45) is 0.917. The van der Waals surface area contributed by atoms with Gasteiger partial charge >= 0.3 is 12.1 Å². The summed E-state index contributed by atoms with van der Waals surface area (Å²) in [4.78, 5) is 26.5. The van der Waals surface area contributed by atoms with Gasteiger partial charge < -0.3 is 25.3 Å². The Kier molecular flexibility index (Phi) is 5.07. The van der Waals surface area contributed by atoms with Crippen LogP contribution in [0, 0.1) is 0 Å². The van der Waals surface area contributed by atoms with E-state index in [4.69, 9.17) is 4.74 Å². The molecule has 0 aliphatic carbocycles. The van der Waals surface area contributed by atoms with Crippen LogP contribution in [-0.4, -0.2) is 33.3 Å². The summed E-state index contributed by atoms with van der Waals surface area (Å²) >= 11 is 0. The number of carboxylic acids is 1. The van der Waals surface area contributed by atoms with Crippen molar-refractivity contribution in [3.05, 3.63) is 65.9 Å². The molecule has 1 atom stereocenters. The summed E-state index contributed by atoms with van der Waals surface area (Å²) in [5.41, 5.74) is 2.25. The number of alkyl carbamates (subject to hydrolysis) is 1. The predicted octanol–water partition coefficient (Wildman–Crippen LogP) is 2.80. The molecule has 0 aliphatic rings. The average molecular weight is 354 g/mol. The van der Waals surface area contributed by atoms with Crippen LogP contribution in [0.2, 0.25) is 0 Å². The first-order chi connectivity index (χ1) is 12.5. The number of hydrogen-bond acceptors (Lipinski definition) is 4. The van der Waals surface area contributed by atoms with Crippen LogP contribution in [-0.2, 0) is 22.6 Å². The van der Waals surface area contributed by atoms with Crippen molar-refractivity contribution in [2.75, 3.05) is 0 Å². The van der Waals surface area contributed by atoms with Gasteiger partial charge in [0.15, 0.2) is 0 Å². The summed E-state index contributed by atoms with van der Waals surface area (Å²) in [6.45, 7) is 0.0555. The van der Waals surface area contributed by atoms with Gasteiger partial charge in [-0.15, -0.1) is 0 Å². The molecule has 2 aromatic carbocycles. The lowest BCUT2D eigenvalue weighted by atomic mass is 10.0. The van der Waals surface area contributed by atoms with E-state index in [1.165, 1.54) is 6.07 Å². The number of amides is 1. The fourth-order valence-corrected chi connectivity index (χ4v) is 2.66. The van der Waals surface area contributed by atoms with Crippen molar-refractivity contribution in [1.29, 1.82) is 0 Å². The Morgan fingerprint density at radius 1 is 1.15 bits per heavy atom. The summed E-state index contributed by atoms with van der Waals surface area (Å²) in [7, 11) is 0. The molecule has 0 spiro atoms. The number of benzene rings is 2. The lowest BCUT2D eigenvalue weighted by molar-refractivity contribution is -0.139. The summed E-state index contributed by atoms with van der Waals surface area (Å²) in [6, 6.07) is 12.7. The maximum Gasteiger partial charge on any atom is 0.408 e. The van der Waals surface area contributed by atoms with Crippen molar-refractivity contribution in [2.45, 2.75) is 19.1 Å². The molecule has 1 heterocycles. The molecule has 0 fully saturated rings. The SMILES string of the molecule is O=C(N[C@H](Cc1c[nH]c2ccc(O)cc12)C(=O)O)OCc1ccccc1. The fraction of sp³-hybridized carbons (Fsp3) is 0.158. The topological polar surface area (TPSA) is 112 Å². The number of ether oxygens (including phenoxy) is 1. The molecule has 0 saturated carbocycles. The van der Waals surface area contributed by atoms with Crippen molar-refractivity contribution in [2.24, 2.45) is 0 Å². The van der Waals surface area contributed by atoms with E-state index in [-0.39, 0.29) is 18.8 Å². The number of H-pyrrole nitrogens is 1. The van der Waals surface area contributed by atoms with Gasteiger partial charge in [0.1, 0.15) is 18.4 Å². The molecular formula is C19H18N2O5. The van der Waals surface area contributed by atoms with Crippen LogP contribution in [0.4, 0.5) is 4.79 Å². The molecule has 3 rings (SSSR count). The van der Waals surface area contributed by atoms with Crippen LogP contribution in [0.5, 0.6) is 5.75 Å². The van der Waals surface area contributed by atoms with Crippen LogP contribution in [0.25, 0.3) is 10.9 Å². The zero-order chi connectivity index (χ0) is 18.5. The van der Waals surface area contributed by atoms with Gasteiger partial charge in [-0.2, -0.15) is 0 Å². The molecular weight excluding hydrogens is 336 g/mol. The summed E-state index contributed by atoms with van der Waals surface area (Å²) in [5, 5.41) is 22.1. The minimum atomic E-state index is -1.17. The van der Waals surface area contributed by atoms with Crippen LogP contribution >= 0.6 is 0 Å². The number of aliphatic carboxylic acids is 1. The van der Waals surface area contributed by atoms with Crippen molar-refractivity contribution in [3.8, 4) is 5.75 Å².